The summed E-state index contributed by atoms with van der Waals surface area (Å²) in [6, 6.07) is 27.7. The van der Waals surface area contributed by atoms with Crippen LogP contribution in [-0.4, -0.2) is 117 Å². The predicted molar refractivity (Wildman–Crippen MR) is 243 cm³/mol. The van der Waals surface area contributed by atoms with Crippen molar-refractivity contribution in [1.29, 1.82) is 0 Å². The van der Waals surface area contributed by atoms with Crippen LogP contribution in [0.15, 0.2) is 102 Å². The van der Waals surface area contributed by atoms with E-state index in [0.717, 1.165) is 40.3 Å². The summed E-state index contributed by atoms with van der Waals surface area (Å²) in [4.78, 5) is 27.3. The number of anilines is 3. The molecule has 6 heterocycles. The number of tetrazole rings is 2. The van der Waals surface area contributed by atoms with Gasteiger partial charge < -0.3 is 22.5 Å². The number of fused-ring (bicyclic) bond motifs is 2. The van der Waals surface area contributed by atoms with Gasteiger partial charge in [0.15, 0.2) is 11.6 Å². The fourth-order valence-corrected chi connectivity index (χ4v) is 6.77. The molecule has 0 radical (unpaired) electrons. The molecule has 0 saturated carbocycles. The standard InChI is InChI=1S/C20H18FN11.C11H9FN6O2S.C10H13N5/c1-31-28-17(27-30-31)13-7-5-12(6-8-13)9-10-23-19-25-18(22)32-20(26-19)24-16(29-32)14-3-2-4-15(21)11-14;1-21(19,20)11-15-9(13)18-10(16-11)14-8(17-18)6-3-2-4-7(12)5-6;1-15-13-10(12-14-15)9-4-2-8(3-5-9)6-7-11/h2-8,11H,9-10H2,1H3,(H3,22,23,24,25,26,29);2-5H,1H3,(H2,13,14,15,16,17);2-5H,6-7,11H2,1H3. The number of nitrogen functional groups attached to an aromatic ring is 2. The Hall–Kier alpha value is -8.85. The summed E-state index contributed by atoms with van der Waals surface area (Å²) in [6.45, 7) is 1.26. The molecule has 24 nitrogen and oxygen atoms in total. The van der Waals surface area contributed by atoms with Crippen molar-refractivity contribution in [3.05, 3.63) is 120 Å². The summed E-state index contributed by atoms with van der Waals surface area (Å²) in [5.41, 5.74) is 22.3. The number of aromatic nitrogens is 18. The number of nitrogens with one attached hydrogen (secondary N) is 1. The van der Waals surface area contributed by atoms with E-state index in [1.54, 1.807) is 32.3 Å². The lowest BCUT2D eigenvalue weighted by atomic mass is 10.1. The summed E-state index contributed by atoms with van der Waals surface area (Å²) in [5, 5.41) is 34.9. The van der Waals surface area contributed by atoms with E-state index < -0.39 is 20.8 Å². The van der Waals surface area contributed by atoms with E-state index in [1.807, 2.05) is 48.5 Å². The van der Waals surface area contributed by atoms with Gasteiger partial charge in [-0.1, -0.05) is 72.8 Å². The van der Waals surface area contributed by atoms with Crippen LogP contribution in [0.25, 0.3) is 57.1 Å². The van der Waals surface area contributed by atoms with Crippen molar-refractivity contribution in [3.8, 4) is 45.6 Å². The maximum atomic E-state index is 13.5. The van der Waals surface area contributed by atoms with Crippen molar-refractivity contribution in [1.82, 2.24) is 89.5 Å². The zero-order chi connectivity index (χ0) is 48.0. The summed E-state index contributed by atoms with van der Waals surface area (Å²) in [6.07, 6.45) is 2.60. The number of nitrogens with zero attached hydrogens (tertiary/aromatic N) is 18. The van der Waals surface area contributed by atoms with Crippen LogP contribution in [-0.2, 0) is 36.8 Å². The number of halogens is 2. The highest BCUT2D eigenvalue weighted by Crippen LogP contribution is 2.21. The van der Waals surface area contributed by atoms with Gasteiger partial charge >= 0.3 is 0 Å². The third-order valence-corrected chi connectivity index (χ3v) is 10.4. The lowest BCUT2D eigenvalue weighted by Crippen LogP contribution is -2.12. The Kier molecular flexibility index (Phi) is 13.3. The Morgan fingerprint density at radius 1 is 0.574 bits per heavy atom. The Labute approximate surface area is 384 Å². The van der Waals surface area contributed by atoms with Crippen LogP contribution >= 0.6 is 0 Å². The van der Waals surface area contributed by atoms with Gasteiger partial charge in [-0.3, -0.25) is 0 Å². The zero-order valence-corrected chi connectivity index (χ0v) is 37.1. The lowest BCUT2D eigenvalue weighted by Gasteiger charge is -2.06. The fourth-order valence-electron chi connectivity index (χ4n) is 6.26. The average Bonchev–Trinajstić information content (AvgIpc) is 4.15. The smallest absolute Gasteiger partial charge is 0.259 e. The molecule has 0 atom stereocenters. The molecule has 27 heteroatoms. The Morgan fingerprint density at radius 2 is 1.06 bits per heavy atom. The summed E-state index contributed by atoms with van der Waals surface area (Å²) in [5.74, 6) is 1.46. The molecule has 0 unspecified atom stereocenters. The Balaban J connectivity index is 0.000000149. The van der Waals surface area contributed by atoms with Crippen molar-refractivity contribution >= 4 is 39.2 Å². The molecule has 68 heavy (non-hydrogen) atoms. The van der Waals surface area contributed by atoms with E-state index in [9.17, 15) is 17.2 Å². The number of hydrogen-bond donors (Lipinski definition) is 4. The number of sulfone groups is 1. The minimum Gasteiger partial charge on any atom is -0.368 e. The highest BCUT2D eigenvalue weighted by atomic mass is 32.2. The number of benzene rings is 4. The van der Waals surface area contributed by atoms with Crippen LogP contribution in [0.4, 0.5) is 26.6 Å². The van der Waals surface area contributed by atoms with Gasteiger partial charge in [-0.05, 0) is 65.2 Å². The first-order valence-corrected chi connectivity index (χ1v) is 22.2. The molecule has 0 amide bonds. The van der Waals surface area contributed by atoms with Crippen LogP contribution < -0.4 is 22.5 Å². The monoisotopic (exact) mass is 942 g/mol. The van der Waals surface area contributed by atoms with Gasteiger partial charge in [-0.25, -0.2) is 17.2 Å². The summed E-state index contributed by atoms with van der Waals surface area (Å²) in [7, 11) is -0.146. The largest absolute Gasteiger partial charge is 0.368 e. The molecule has 0 aliphatic heterocycles. The van der Waals surface area contributed by atoms with Gasteiger partial charge in [-0.15, -0.1) is 30.6 Å². The maximum Gasteiger partial charge on any atom is 0.259 e. The van der Waals surface area contributed by atoms with E-state index in [-0.39, 0.29) is 35.1 Å². The molecule has 7 N–H and O–H groups in total. The molecule has 0 aliphatic rings. The van der Waals surface area contributed by atoms with E-state index in [2.05, 4.69) is 76.2 Å². The predicted octanol–water partition coefficient (Wildman–Crippen LogP) is 2.44. The minimum atomic E-state index is -3.62. The number of aryl methyl sites for hydroxylation is 2. The van der Waals surface area contributed by atoms with Crippen LogP contribution in [0, 0.1) is 11.6 Å². The molecule has 4 aromatic carbocycles. The molecular formula is C41H40F2N22O2S. The van der Waals surface area contributed by atoms with Gasteiger partial charge in [0.2, 0.25) is 39.3 Å². The average molecular weight is 943 g/mol. The molecule has 10 aromatic rings. The molecular weight excluding hydrogens is 903 g/mol. The molecule has 0 saturated heterocycles. The molecule has 0 bridgehead atoms. The first kappa shape index (κ1) is 45.7. The molecule has 0 fully saturated rings. The quantitative estimate of drug-likeness (QED) is 0.145. The second-order valence-corrected chi connectivity index (χ2v) is 16.6. The van der Waals surface area contributed by atoms with Crippen molar-refractivity contribution in [2.75, 3.05) is 36.1 Å². The van der Waals surface area contributed by atoms with Crippen molar-refractivity contribution in [2.24, 2.45) is 19.8 Å². The molecule has 6 aromatic heterocycles. The van der Waals surface area contributed by atoms with E-state index in [4.69, 9.17) is 17.2 Å². The van der Waals surface area contributed by atoms with Crippen molar-refractivity contribution < 1.29 is 17.2 Å². The van der Waals surface area contributed by atoms with E-state index in [1.165, 1.54) is 50.0 Å². The number of rotatable bonds is 11. The van der Waals surface area contributed by atoms with E-state index in [0.29, 0.717) is 47.6 Å². The van der Waals surface area contributed by atoms with Crippen LogP contribution in [0.1, 0.15) is 11.1 Å². The Morgan fingerprint density at radius 3 is 1.51 bits per heavy atom. The third-order valence-electron chi connectivity index (χ3n) is 9.51. The van der Waals surface area contributed by atoms with E-state index >= 15 is 0 Å². The van der Waals surface area contributed by atoms with Gasteiger partial charge in [0.1, 0.15) is 11.6 Å². The summed E-state index contributed by atoms with van der Waals surface area (Å²) >= 11 is 0. The number of nitrogens with two attached hydrogens (primary N) is 3. The van der Waals surface area contributed by atoms with Gasteiger partial charge in [-0.2, -0.15) is 48.5 Å². The van der Waals surface area contributed by atoms with Gasteiger partial charge in [0.05, 0.1) is 14.1 Å². The van der Waals surface area contributed by atoms with Gasteiger partial charge in [0.25, 0.3) is 16.7 Å². The topological polar surface area (TPSA) is 323 Å². The normalized spacial score (nSPS) is 11.3. The van der Waals surface area contributed by atoms with Crippen LogP contribution in [0.3, 0.4) is 0 Å². The zero-order valence-electron chi connectivity index (χ0n) is 36.3. The highest BCUT2D eigenvalue weighted by Gasteiger charge is 2.18. The molecule has 346 valence electrons. The van der Waals surface area contributed by atoms with Crippen LogP contribution in [0.2, 0.25) is 0 Å². The number of hydrogen-bond acceptors (Lipinski definition) is 20. The molecule has 0 aliphatic carbocycles. The second kappa shape index (κ2) is 19.7. The molecule has 10 rings (SSSR count). The summed E-state index contributed by atoms with van der Waals surface area (Å²) < 4.78 is 52.1. The van der Waals surface area contributed by atoms with Gasteiger partial charge in [0, 0.05) is 35.1 Å². The first-order chi connectivity index (χ1) is 32.7. The lowest BCUT2D eigenvalue weighted by molar-refractivity contribution is 0.592. The maximum absolute atomic E-state index is 13.5. The van der Waals surface area contributed by atoms with Crippen molar-refractivity contribution in [3.63, 3.8) is 0 Å². The minimum absolute atomic E-state index is 0.0258. The third kappa shape index (κ3) is 11.0. The van der Waals surface area contributed by atoms with Crippen LogP contribution in [0.5, 0.6) is 0 Å². The first-order valence-electron chi connectivity index (χ1n) is 20.3. The SMILES string of the molecule is CS(=O)(=O)c1nc(N)n2nc(-c3cccc(F)c3)nc2n1.Cn1nnc(-c2ccc(CCN)cc2)n1.Cn1nnc(-c2ccc(CCNc3nc(N)n4nc(-c5cccc(F)c5)nc4n3)cc2)n1. The second-order valence-electron chi connectivity index (χ2n) is 14.7. The van der Waals surface area contributed by atoms with Crippen molar-refractivity contribution in [2.45, 2.75) is 18.0 Å². The Bertz CT molecular complexity index is 3470. The molecule has 0 spiro atoms. The fraction of sp³-hybridized carbons (Fsp3) is 0.171. The highest BCUT2D eigenvalue weighted by molar-refractivity contribution is 7.90.